The molecule has 1 saturated heterocycles. The molecule has 144 valence electrons. The van der Waals surface area contributed by atoms with E-state index in [2.05, 4.69) is 69.0 Å². The van der Waals surface area contributed by atoms with Gasteiger partial charge >= 0.3 is 0 Å². The maximum absolute atomic E-state index is 4.41. The summed E-state index contributed by atoms with van der Waals surface area (Å²) in [5, 5.41) is 3.49. The van der Waals surface area contributed by atoms with E-state index in [1.54, 1.807) is 0 Å². The van der Waals surface area contributed by atoms with Gasteiger partial charge in [0.2, 0.25) is 0 Å². The van der Waals surface area contributed by atoms with Crippen LogP contribution in [-0.4, -0.2) is 85.6 Å². The fourth-order valence-corrected chi connectivity index (χ4v) is 3.19. The molecule has 0 bridgehead atoms. The van der Waals surface area contributed by atoms with Crippen LogP contribution in [-0.2, 0) is 13.6 Å². The molecule has 0 saturated carbocycles. The fourth-order valence-electron chi connectivity index (χ4n) is 3.19. The van der Waals surface area contributed by atoms with Gasteiger partial charge in [0.15, 0.2) is 5.96 Å². The second kappa shape index (κ2) is 11.7. The summed E-state index contributed by atoms with van der Waals surface area (Å²) in [6.45, 7) is 7.84. The zero-order valence-corrected chi connectivity index (χ0v) is 18.6. The zero-order valence-electron chi connectivity index (χ0n) is 16.2. The standard InChI is InChI=1S/C18H34N6.HI/c1-19-18(23(4)16-17-8-5-11-22(17)3)20-9-6-12-24-13-7-10-21(2)14-15-24;/h5,8,11H,6-7,9-10,12-16H2,1-4H3,(H,19,20);1H. The summed E-state index contributed by atoms with van der Waals surface area (Å²) in [7, 11) is 8.25. The molecule has 0 unspecified atom stereocenters. The average molecular weight is 462 g/mol. The van der Waals surface area contributed by atoms with Crippen LogP contribution in [0.5, 0.6) is 0 Å². The lowest BCUT2D eigenvalue weighted by Gasteiger charge is -2.23. The van der Waals surface area contributed by atoms with Gasteiger partial charge in [0, 0.05) is 52.7 Å². The van der Waals surface area contributed by atoms with Crippen molar-refractivity contribution in [2.45, 2.75) is 19.4 Å². The number of nitrogens with zero attached hydrogens (tertiary/aromatic N) is 5. The highest BCUT2D eigenvalue weighted by Crippen LogP contribution is 2.04. The van der Waals surface area contributed by atoms with Gasteiger partial charge in [0.1, 0.15) is 0 Å². The summed E-state index contributed by atoms with van der Waals surface area (Å²) in [5.41, 5.74) is 1.29. The molecule has 1 aromatic heterocycles. The van der Waals surface area contributed by atoms with Gasteiger partial charge in [-0.2, -0.15) is 0 Å². The van der Waals surface area contributed by atoms with Crippen LogP contribution in [0.1, 0.15) is 18.5 Å². The summed E-state index contributed by atoms with van der Waals surface area (Å²) >= 11 is 0. The number of hydrogen-bond donors (Lipinski definition) is 1. The molecule has 6 nitrogen and oxygen atoms in total. The topological polar surface area (TPSA) is 39.0 Å². The molecular formula is C18H35IN6. The van der Waals surface area contributed by atoms with E-state index in [1.807, 2.05) is 7.05 Å². The Labute approximate surface area is 170 Å². The van der Waals surface area contributed by atoms with Gasteiger partial charge in [-0.15, -0.1) is 24.0 Å². The normalized spacial score (nSPS) is 17.0. The Morgan fingerprint density at radius 2 is 2.04 bits per heavy atom. The van der Waals surface area contributed by atoms with E-state index < -0.39 is 0 Å². The van der Waals surface area contributed by atoms with Crippen LogP contribution < -0.4 is 5.32 Å². The number of aryl methyl sites for hydroxylation is 1. The summed E-state index contributed by atoms with van der Waals surface area (Å²) in [6.07, 6.45) is 4.52. The summed E-state index contributed by atoms with van der Waals surface area (Å²) in [5.74, 6) is 0.965. The Hall–Kier alpha value is -0.800. The third-order valence-corrected chi connectivity index (χ3v) is 4.77. The van der Waals surface area contributed by atoms with Crippen molar-refractivity contribution in [3.63, 3.8) is 0 Å². The van der Waals surface area contributed by atoms with Crippen molar-refractivity contribution in [1.29, 1.82) is 0 Å². The summed E-state index contributed by atoms with van der Waals surface area (Å²) in [4.78, 5) is 11.6. The maximum atomic E-state index is 4.41. The van der Waals surface area contributed by atoms with Crippen LogP contribution in [0.2, 0.25) is 0 Å². The molecule has 1 aliphatic heterocycles. The molecule has 7 heteroatoms. The lowest BCUT2D eigenvalue weighted by atomic mass is 10.3. The van der Waals surface area contributed by atoms with Crippen LogP contribution >= 0.6 is 24.0 Å². The zero-order chi connectivity index (χ0) is 17.4. The maximum Gasteiger partial charge on any atom is 0.193 e. The lowest BCUT2D eigenvalue weighted by molar-refractivity contribution is 0.273. The first-order valence-electron chi connectivity index (χ1n) is 9.03. The highest BCUT2D eigenvalue weighted by molar-refractivity contribution is 14.0. The smallest absolute Gasteiger partial charge is 0.193 e. The molecule has 2 rings (SSSR count). The van der Waals surface area contributed by atoms with Crippen molar-refractivity contribution in [3.8, 4) is 0 Å². The Bertz CT molecular complexity index is 515. The van der Waals surface area contributed by atoms with Crippen molar-refractivity contribution < 1.29 is 0 Å². The molecule has 2 heterocycles. The van der Waals surface area contributed by atoms with E-state index >= 15 is 0 Å². The SMILES string of the molecule is CN=C(NCCCN1CCCN(C)CC1)N(C)Cc1cccn1C.I. The number of halogens is 1. The predicted molar refractivity (Wildman–Crippen MR) is 117 cm³/mol. The number of nitrogens with one attached hydrogen (secondary N) is 1. The van der Waals surface area contributed by atoms with Crippen LogP contribution in [0.4, 0.5) is 0 Å². The number of aromatic nitrogens is 1. The van der Waals surface area contributed by atoms with E-state index in [0.717, 1.165) is 25.5 Å². The number of rotatable bonds is 6. The van der Waals surface area contributed by atoms with Gasteiger partial charge in [-0.25, -0.2) is 0 Å². The molecule has 1 N–H and O–H groups in total. The monoisotopic (exact) mass is 462 g/mol. The second-order valence-corrected chi connectivity index (χ2v) is 6.79. The number of hydrogen-bond acceptors (Lipinski definition) is 3. The summed E-state index contributed by atoms with van der Waals surface area (Å²) < 4.78 is 2.15. The fraction of sp³-hybridized carbons (Fsp3) is 0.722. The summed E-state index contributed by atoms with van der Waals surface area (Å²) in [6, 6.07) is 4.23. The minimum absolute atomic E-state index is 0. The molecular weight excluding hydrogens is 427 g/mol. The largest absolute Gasteiger partial charge is 0.356 e. The van der Waals surface area contributed by atoms with Gasteiger partial charge in [-0.3, -0.25) is 4.99 Å². The van der Waals surface area contributed by atoms with Gasteiger partial charge in [-0.1, -0.05) is 0 Å². The number of guanidine groups is 1. The first-order chi connectivity index (χ1) is 11.6. The van der Waals surface area contributed by atoms with Crippen molar-refractivity contribution in [1.82, 2.24) is 24.6 Å². The molecule has 25 heavy (non-hydrogen) atoms. The minimum Gasteiger partial charge on any atom is -0.356 e. The van der Waals surface area contributed by atoms with E-state index in [0.29, 0.717) is 0 Å². The van der Waals surface area contributed by atoms with Crippen LogP contribution in [0.15, 0.2) is 23.3 Å². The molecule has 0 aliphatic carbocycles. The lowest BCUT2D eigenvalue weighted by Crippen LogP contribution is -2.40. The van der Waals surface area contributed by atoms with E-state index in [1.165, 1.54) is 44.8 Å². The first-order valence-corrected chi connectivity index (χ1v) is 9.03. The molecule has 0 radical (unpaired) electrons. The first kappa shape index (κ1) is 22.2. The highest BCUT2D eigenvalue weighted by atomic mass is 127. The number of likely N-dealkylation sites (N-methyl/N-ethyl adjacent to an activating group) is 1. The van der Waals surface area contributed by atoms with Crippen LogP contribution in [0.25, 0.3) is 0 Å². The molecule has 0 spiro atoms. The third kappa shape index (κ3) is 7.53. The van der Waals surface area contributed by atoms with Gasteiger partial charge in [0.05, 0.1) is 6.54 Å². The Balaban J connectivity index is 0.00000312. The van der Waals surface area contributed by atoms with E-state index in [4.69, 9.17) is 0 Å². The quantitative estimate of drug-likeness (QED) is 0.302. The Morgan fingerprint density at radius 3 is 2.72 bits per heavy atom. The molecule has 0 atom stereocenters. The highest BCUT2D eigenvalue weighted by Gasteiger charge is 2.12. The number of aliphatic imine (C=N–C) groups is 1. The Kier molecular flexibility index (Phi) is 10.4. The third-order valence-electron chi connectivity index (χ3n) is 4.77. The van der Waals surface area contributed by atoms with Crippen molar-refractivity contribution in [2.75, 3.05) is 60.4 Å². The van der Waals surface area contributed by atoms with Crippen molar-refractivity contribution >= 4 is 29.9 Å². The van der Waals surface area contributed by atoms with E-state index in [9.17, 15) is 0 Å². The molecule has 1 aliphatic rings. The average Bonchev–Trinajstić information content (AvgIpc) is 2.84. The Morgan fingerprint density at radius 1 is 1.24 bits per heavy atom. The second-order valence-electron chi connectivity index (χ2n) is 6.79. The molecule has 1 aromatic rings. The van der Waals surface area contributed by atoms with E-state index in [-0.39, 0.29) is 24.0 Å². The predicted octanol–water partition coefficient (Wildman–Crippen LogP) is 1.68. The van der Waals surface area contributed by atoms with Crippen molar-refractivity contribution in [2.24, 2.45) is 12.0 Å². The minimum atomic E-state index is 0. The molecule has 1 fully saturated rings. The van der Waals surface area contributed by atoms with Crippen molar-refractivity contribution in [3.05, 3.63) is 24.0 Å². The van der Waals surface area contributed by atoms with Crippen LogP contribution in [0, 0.1) is 0 Å². The van der Waals surface area contributed by atoms with Gasteiger partial charge in [0.25, 0.3) is 0 Å². The molecule has 0 aromatic carbocycles. The van der Waals surface area contributed by atoms with Gasteiger partial charge in [-0.05, 0) is 51.7 Å². The molecule has 0 amide bonds. The van der Waals surface area contributed by atoms with Gasteiger partial charge < -0.3 is 24.6 Å². The van der Waals surface area contributed by atoms with Crippen LogP contribution in [0.3, 0.4) is 0 Å².